The third kappa shape index (κ3) is 6.78. The van der Waals surface area contributed by atoms with Crippen LogP contribution in [-0.4, -0.2) is 39.7 Å². The molecule has 0 saturated carbocycles. The number of carbonyl (C=O) groups is 1. The molecule has 0 saturated heterocycles. The van der Waals surface area contributed by atoms with Gasteiger partial charge in [-0.1, -0.05) is 80.5 Å². The number of aromatic nitrogens is 3. The zero-order valence-corrected chi connectivity index (χ0v) is 22.7. The van der Waals surface area contributed by atoms with Crippen molar-refractivity contribution < 1.29 is 9.53 Å². The molecule has 0 atom stereocenters. The van der Waals surface area contributed by atoms with Crippen molar-refractivity contribution >= 4 is 35.5 Å². The first-order valence-corrected chi connectivity index (χ1v) is 13.0. The second kappa shape index (κ2) is 11.6. The molecule has 1 aromatic heterocycles. The number of benzene rings is 3. The van der Waals surface area contributed by atoms with Gasteiger partial charge in [-0.25, -0.2) is 5.43 Å². The number of methoxy groups -OCH3 is 1. The Bertz CT molecular complexity index is 1390. The van der Waals surface area contributed by atoms with Crippen molar-refractivity contribution in [1.82, 2.24) is 20.2 Å². The molecule has 0 fully saturated rings. The molecule has 0 aliphatic heterocycles. The quantitative estimate of drug-likeness (QED) is 0.167. The Kier molecular flexibility index (Phi) is 8.31. The van der Waals surface area contributed by atoms with Crippen LogP contribution in [0.25, 0.3) is 17.1 Å². The van der Waals surface area contributed by atoms with E-state index in [1.54, 1.807) is 25.5 Å². The lowest BCUT2D eigenvalue weighted by Gasteiger charge is -2.19. The summed E-state index contributed by atoms with van der Waals surface area (Å²) >= 11 is 7.27. The fourth-order valence-electron chi connectivity index (χ4n) is 3.56. The molecule has 0 aliphatic rings. The fourth-order valence-corrected chi connectivity index (χ4v) is 4.50. The molecule has 37 heavy (non-hydrogen) atoms. The topological polar surface area (TPSA) is 81.4 Å². The molecule has 0 radical (unpaired) electrons. The van der Waals surface area contributed by atoms with Crippen molar-refractivity contribution in [3.05, 3.63) is 88.9 Å². The Morgan fingerprint density at radius 2 is 1.81 bits per heavy atom. The predicted octanol–water partition coefficient (Wildman–Crippen LogP) is 6.14. The van der Waals surface area contributed by atoms with Crippen molar-refractivity contribution in [3.63, 3.8) is 0 Å². The summed E-state index contributed by atoms with van der Waals surface area (Å²) in [6.07, 6.45) is 1.55. The van der Waals surface area contributed by atoms with Gasteiger partial charge in [0.2, 0.25) is 0 Å². The van der Waals surface area contributed by atoms with Gasteiger partial charge in [0, 0.05) is 16.3 Å². The van der Waals surface area contributed by atoms with Gasteiger partial charge in [0.15, 0.2) is 11.0 Å². The number of carbonyl (C=O) groups excluding carboxylic acids is 1. The summed E-state index contributed by atoms with van der Waals surface area (Å²) in [6.45, 7) is 6.54. The molecule has 1 N–H and O–H groups in total. The van der Waals surface area contributed by atoms with Crippen LogP contribution in [-0.2, 0) is 10.2 Å². The van der Waals surface area contributed by atoms with Crippen LogP contribution in [0.15, 0.2) is 83.1 Å². The second-order valence-electron chi connectivity index (χ2n) is 9.30. The van der Waals surface area contributed by atoms with Gasteiger partial charge < -0.3 is 4.74 Å². The maximum absolute atomic E-state index is 12.5. The summed E-state index contributed by atoms with van der Waals surface area (Å²) in [5.74, 6) is 1.29. The highest BCUT2D eigenvalue weighted by Gasteiger charge is 2.19. The SMILES string of the molecule is COc1ccc(-n2c(SCC(=O)N/N=C\c3cccc(Cl)c3)nnc2-c2ccc(C(C)(C)C)cc2)cc1. The maximum Gasteiger partial charge on any atom is 0.250 e. The van der Waals surface area contributed by atoms with Gasteiger partial charge in [-0.15, -0.1) is 10.2 Å². The van der Waals surface area contributed by atoms with E-state index in [1.165, 1.54) is 17.3 Å². The van der Waals surface area contributed by atoms with Gasteiger partial charge in [0.25, 0.3) is 5.91 Å². The lowest BCUT2D eigenvalue weighted by atomic mass is 9.87. The van der Waals surface area contributed by atoms with E-state index in [9.17, 15) is 4.79 Å². The van der Waals surface area contributed by atoms with Gasteiger partial charge in [-0.05, 0) is 52.9 Å². The Balaban J connectivity index is 1.55. The van der Waals surface area contributed by atoms with Crippen molar-refractivity contribution in [1.29, 1.82) is 0 Å². The molecule has 9 heteroatoms. The first-order valence-electron chi connectivity index (χ1n) is 11.7. The van der Waals surface area contributed by atoms with E-state index in [0.29, 0.717) is 16.0 Å². The fraction of sp³-hybridized carbons (Fsp3) is 0.214. The van der Waals surface area contributed by atoms with E-state index >= 15 is 0 Å². The van der Waals surface area contributed by atoms with Gasteiger partial charge in [-0.2, -0.15) is 5.10 Å². The first-order chi connectivity index (χ1) is 17.7. The Morgan fingerprint density at radius 1 is 1.08 bits per heavy atom. The minimum absolute atomic E-state index is 0.0474. The summed E-state index contributed by atoms with van der Waals surface area (Å²) in [6, 6.07) is 23.2. The number of nitrogens with zero attached hydrogens (tertiary/aromatic N) is 4. The molecule has 7 nitrogen and oxygen atoms in total. The molecule has 4 aromatic rings. The number of hydrogen-bond donors (Lipinski definition) is 1. The molecule has 1 heterocycles. The average Bonchev–Trinajstić information content (AvgIpc) is 3.31. The summed E-state index contributed by atoms with van der Waals surface area (Å²) in [5, 5.41) is 14.1. The van der Waals surface area contributed by atoms with Gasteiger partial charge in [-0.3, -0.25) is 9.36 Å². The minimum atomic E-state index is -0.261. The zero-order valence-electron chi connectivity index (χ0n) is 21.1. The summed E-state index contributed by atoms with van der Waals surface area (Å²) in [5.41, 5.74) is 6.41. The number of amides is 1. The van der Waals surface area contributed by atoms with E-state index in [4.69, 9.17) is 16.3 Å². The standard InChI is InChI=1S/C28H28ClN5O2S/c1-28(2,3)21-10-8-20(9-11-21)26-32-33-27(34(26)23-12-14-24(36-4)15-13-23)37-18-25(35)31-30-17-19-6-5-7-22(29)16-19/h5-17H,18H2,1-4H3,(H,31,35)/b30-17-. The largest absolute Gasteiger partial charge is 0.497 e. The smallest absolute Gasteiger partial charge is 0.250 e. The first kappa shape index (κ1) is 26.4. The lowest BCUT2D eigenvalue weighted by Crippen LogP contribution is -2.20. The highest BCUT2D eigenvalue weighted by Crippen LogP contribution is 2.30. The number of hydrazone groups is 1. The third-order valence-electron chi connectivity index (χ3n) is 5.56. The number of halogens is 1. The predicted molar refractivity (Wildman–Crippen MR) is 150 cm³/mol. The number of ether oxygens (including phenoxy) is 1. The number of rotatable bonds is 8. The number of thioether (sulfide) groups is 1. The molecule has 4 rings (SSSR count). The summed E-state index contributed by atoms with van der Waals surface area (Å²) in [4.78, 5) is 12.5. The monoisotopic (exact) mass is 533 g/mol. The van der Waals surface area contributed by atoms with Crippen LogP contribution >= 0.6 is 23.4 Å². The van der Waals surface area contributed by atoms with Crippen molar-refractivity contribution in [2.75, 3.05) is 12.9 Å². The van der Waals surface area contributed by atoms with Crippen molar-refractivity contribution in [3.8, 4) is 22.8 Å². The van der Waals surface area contributed by atoms with E-state index in [0.717, 1.165) is 22.6 Å². The van der Waals surface area contributed by atoms with Gasteiger partial charge in [0.05, 0.1) is 19.1 Å². The van der Waals surface area contributed by atoms with Gasteiger partial charge >= 0.3 is 0 Å². The zero-order chi connectivity index (χ0) is 26.4. The van der Waals surface area contributed by atoms with Crippen LogP contribution in [0, 0.1) is 0 Å². The average molecular weight is 534 g/mol. The molecule has 0 spiro atoms. The molecule has 190 valence electrons. The highest BCUT2D eigenvalue weighted by molar-refractivity contribution is 7.99. The molecular formula is C28H28ClN5O2S. The molecule has 0 unspecified atom stereocenters. The van der Waals surface area contributed by atoms with Crippen LogP contribution < -0.4 is 10.2 Å². The van der Waals surface area contributed by atoms with Crippen LogP contribution in [0.3, 0.4) is 0 Å². The van der Waals surface area contributed by atoms with Crippen LogP contribution in [0.1, 0.15) is 31.9 Å². The van der Waals surface area contributed by atoms with Crippen LogP contribution in [0.2, 0.25) is 5.02 Å². The number of nitrogens with one attached hydrogen (secondary N) is 1. The third-order valence-corrected chi connectivity index (χ3v) is 6.72. The molecular weight excluding hydrogens is 506 g/mol. The number of hydrogen-bond acceptors (Lipinski definition) is 6. The molecule has 0 bridgehead atoms. The maximum atomic E-state index is 12.5. The lowest BCUT2D eigenvalue weighted by molar-refractivity contribution is -0.118. The highest BCUT2D eigenvalue weighted by atomic mass is 35.5. The summed E-state index contributed by atoms with van der Waals surface area (Å²) < 4.78 is 7.26. The van der Waals surface area contributed by atoms with Crippen LogP contribution in [0.5, 0.6) is 5.75 Å². The normalized spacial score (nSPS) is 11.6. The van der Waals surface area contributed by atoms with Crippen molar-refractivity contribution in [2.24, 2.45) is 5.10 Å². The Morgan fingerprint density at radius 3 is 2.46 bits per heavy atom. The van der Waals surface area contributed by atoms with E-state index in [-0.39, 0.29) is 17.1 Å². The van der Waals surface area contributed by atoms with E-state index in [1.807, 2.05) is 41.0 Å². The van der Waals surface area contributed by atoms with Crippen LogP contribution in [0.4, 0.5) is 0 Å². The Hall–Kier alpha value is -3.62. The molecule has 1 amide bonds. The van der Waals surface area contributed by atoms with E-state index < -0.39 is 0 Å². The second-order valence-corrected chi connectivity index (χ2v) is 10.7. The Labute approximate surface area is 225 Å². The van der Waals surface area contributed by atoms with Crippen molar-refractivity contribution in [2.45, 2.75) is 31.3 Å². The summed E-state index contributed by atoms with van der Waals surface area (Å²) in [7, 11) is 1.63. The van der Waals surface area contributed by atoms with Gasteiger partial charge in [0.1, 0.15) is 5.75 Å². The minimum Gasteiger partial charge on any atom is -0.497 e. The molecule has 0 aliphatic carbocycles. The van der Waals surface area contributed by atoms with E-state index in [2.05, 4.69) is 65.8 Å². The molecule has 3 aromatic carbocycles.